The van der Waals surface area contributed by atoms with Crippen molar-refractivity contribution >= 4 is 17.5 Å². The van der Waals surface area contributed by atoms with Gasteiger partial charge >= 0.3 is 0 Å². The van der Waals surface area contributed by atoms with Gasteiger partial charge in [0.1, 0.15) is 0 Å². The zero-order chi connectivity index (χ0) is 25.3. The summed E-state index contributed by atoms with van der Waals surface area (Å²) >= 11 is 0. The number of anilines is 1. The number of likely N-dealkylation sites (tertiary alicyclic amines) is 1. The molecular weight excluding hydrogens is 448 g/mol. The molecule has 6 nitrogen and oxygen atoms in total. The second-order valence-corrected chi connectivity index (χ2v) is 11.0. The van der Waals surface area contributed by atoms with E-state index in [0.717, 1.165) is 82.7 Å². The number of hydrogen-bond acceptors (Lipinski definition) is 4. The lowest BCUT2D eigenvalue weighted by atomic mass is 9.86. The van der Waals surface area contributed by atoms with Crippen LogP contribution in [-0.2, 0) is 10.2 Å². The lowest BCUT2D eigenvalue weighted by molar-refractivity contribution is -0.129. The van der Waals surface area contributed by atoms with Gasteiger partial charge in [-0.15, -0.1) is 0 Å². The van der Waals surface area contributed by atoms with Crippen molar-refractivity contribution in [1.82, 2.24) is 14.7 Å². The molecule has 0 unspecified atom stereocenters. The normalized spacial score (nSPS) is 22.0. The van der Waals surface area contributed by atoms with Crippen molar-refractivity contribution in [3.63, 3.8) is 0 Å². The van der Waals surface area contributed by atoms with Gasteiger partial charge in [-0.2, -0.15) is 0 Å². The van der Waals surface area contributed by atoms with Gasteiger partial charge < -0.3 is 15.1 Å². The van der Waals surface area contributed by atoms with Crippen LogP contribution in [0.4, 0.5) is 5.69 Å². The van der Waals surface area contributed by atoms with Crippen molar-refractivity contribution in [3.05, 3.63) is 65.8 Å². The third-order valence-corrected chi connectivity index (χ3v) is 8.67. The first kappa shape index (κ1) is 24.8. The highest BCUT2D eigenvalue weighted by molar-refractivity contribution is 5.98. The number of allylic oxidation sites excluding steroid dienone is 1. The summed E-state index contributed by atoms with van der Waals surface area (Å²) in [7, 11) is 0. The van der Waals surface area contributed by atoms with Crippen molar-refractivity contribution < 1.29 is 9.59 Å². The average Bonchev–Trinajstić information content (AvgIpc) is 3.67. The molecule has 36 heavy (non-hydrogen) atoms. The Bertz CT molecular complexity index is 1080. The largest absolute Gasteiger partial charge is 0.382 e. The molecule has 5 rings (SSSR count). The van der Waals surface area contributed by atoms with Crippen LogP contribution in [0.2, 0.25) is 0 Å². The van der Waals surface area contributed by atoms with Gasteiger partial charge in [0.05, 0.1) is 0 Å². The molecular formula is C30H40N4O2. The Labute approximate surface area is 215 Å². The molecule has 2 amide bonds. The number of amides is 2. The van der Waals surface area contributed by atoms with E-state index in [4.69, 9.17) is 0 Å². The molecule has 2 fully saturated rings. The first-order valence-electron chi connectivity index (χ1n) is 13.6. The molecule has 0 aromatic heterocycles. The van der Waals surface area contributed by atoms with Crippen LogP contribution >= 0.6 is 0 Å². The topological polar surface area (TPSA) is 55.9 Å². The summed E-state index contributed by atoms with van der Waals surface area (Å²) in [6, 6.07) is 6.77. The number of benzene rings is 1. The maximum absolute atomic E-state index is 13.6. The molecule has 1 aromatic rings. The highest BCUT2D eigenvalue weighted by Gasteiger charge is 2.51. The van der Waals surface area contributed by atoms with Crippen molar-refractivity contribution in [1.29, 1.82) is 0 Å². The van der Waals surface area contributed by atoms with Crippen molar-refractivity contribution in [2.45, 2.75) is 56.9 Å². The van der Waals surface area contributed by atoms with Crippen molar-refractivity contribution in [2.75, 3.05) is 51.1 Å². The number of nitrogens with zero attached hydrogens (tertiary/aromatic N) is 3. The van der Waals surface area contributed by atoms with Gasteiger partial charge in [0.25, 0.3) is 5.91 Å². The molecule has 1 aliphatic carbocycles. The number of rotatable bonds is 8. The highest BCUT2D eigenvalue weighted by Crippen LogP contribution is 2.52. The van der Waals surface area contributed by atoms with Crippen LogP contribution in [0.3, 0.4) is 0 Å². The predicted molar refractivity (Wildman–Crippen MR) is 145 cm³/mol. The summed E-state index contributed by atoms with van der Waals surface area (Å²) < 4.78 is 0. The lowest BCUT2D eigenvalue weighted by Gasteiger charge is -2.36. The summed E-state index contributed by atoms with van der Waals surface area (Å²) in [5, 5.41) is 3.64. The van der Waals surface area contributed by atoms with Gasteiger partial charge in [-0.25, -0.2) is 0 Å². The fraction of sp³-hybridized carbons (Fsp3) is 0.533. The Kier molecular flexibility index (Phi) is 7.07. The van der Waals surface area contributed by atoms with Crippen molar-refractivity contribution in [3.8, 4) is 0 Å². The van der Waals surface area contributed by atoms with Crippen LogP contribution in [0.15, 0.2) is 54.7 Å². The van der Waals surface area contributed by atoms with E-state index in [1.54, 1.807) is 6.92 Å². The Hall–Kier alpha value is -2.86. The zero-order valence-corrected chi connectivity index (χ0v) is 21.7. The minimum absolute atomic E-state index is 0.155. The van der Waals surface area contributed by atoms with E-state index in [0.29, 0.717) is 6.04 Å². The number of carbonyl (C=O) groups excluding carboxylic acids is 2. The summed E-state index contributed by atoms with van der Waals surface area (Å²) in [4.78, 5) is 31.7. The second-order valence-electron chi connectivity index (χ2n) is 11.0. The zero-order valence-electron chi connectivity index (χ0n) is 21.7. The van der Waals surface area contributed by atoms with Crippen LogP contribution in [0, 0.1) is 0 Å². The Morgan fingerprint density at radius 1 is 1.11 bits per heavy atom. The van der Waals surface area contributed by atoms with Crippen LogP contribution in [0.1, 0.15) is 61.4 Å². The molecule has 3 aliphatic heterocycles. The van der Waals surface area contributed by atoms with Gasteiger partial charge in [-0.3, -0.25) is 14.5 Å². The summed E-state index contributed by atoms with van der Waals surface area (Å²) in [5.74, 6) is 0.332. The van der Waals surface area contributed by atoms with Gasteiger partial charge in [0.2, 0.25) is 5.91 Å². The Morgan fingerprint density at radius 3 is 2.53 bits per heavy atom. The molecule has 3 heterocycles. The number of hydrogen-bond donors (Lipinski definition) is 1. The molecule has 0 bridgehead atoms. The summed E-state index contributed by atoms with van der Waals surface area (Å²) in [6.07, 6.45) is 10.1. The second kappa shape index (κ2) is 10.3. The first-order valence-corrected chi connectivity index (χ1v) is 13.6. The summed E-state index contributed by atoms with van der Waals surface area (Å²) in [5.41, 5.74) is 5.91. The van der Waals surface area contributed by atoms with Gasteiger partial charge in [-0.05, 0) is 67.4 Å². The standard InChI is InChI=1S/C30H40N4O2/c1-4-23-9-16-32(20-24(23)5-2)14-6-15-34-21-30(12-13-30)28-8-7-26(19-27(28)29(34)36)31-25-10-17-33(18-11-25)22(3)35/h4-5,7-8,19,25,31H,1-2,6,9-18,20-21H2,3H3. The predicted octanol–water partition coefficient (Wildman–Crippen LogP) is 4.36. The maximum Gasteiger partial charge on any atom is 0.254 e. The molecule has 1 saturated carbocycles. The van der Waals surface area contributed by atoms with Crippen LogP contribution in [0.5, 0.6) is 0 Å². The van der Waals surface area contributed by atoms with E-state index in [2.05, 4.69) is 46.5 Å². The SMILES string of the molecule is C=CC1=C(C=C)CN(CCCN2CC3(CC3)c3ccc(NC4CCN(C(C)=O)CC4)cc3C2=O)CC1. The fourth-order valence-corrected chi connectivity index (χ4v) is 6.26. The van der Waals surface area contributed by atoms with Gasteiger partial charge in [-0.1, -0.05) is 31.4 Å². The molecule has 4 aliphatic rings. The monoisotopic (exact) mass is 488 g/mol. The number of nitrogens with one attached hydrogen (secondary N) is 1. The number of carbonyl (C=O) groups is 2. The smallest absolute Gasteiger partial charge is 0.254 e. The Morgan fingerprint density at radius 2 is 1.86 bits per heavy atom. The quantitative estimate of drug-likeness (QED) is 0.591. The molecule has 192 valence electrons. The molecule has 0 radical (unpaired) electrons. The van der Waals surface area contributed by atoms with Crippen LogP contribution in [0.25, 0.3) is 0 Å². The van der Waals surface area contributed by atoms with E-state index in [1.807, 2.05) is 17.1 Å². The van der Waals surface area contributed by atoms with E-state index in [-0.39, 0.29) is 17.2 Å². The first-order chi connectivity index (χ1) is 17.4. The minimum Gasteiger partial charge on any atom is -0.382 e. The molecule has 6 heteroatoms. The van der Waals surface area contributed by atoms with Gasteiger partial charge in [0, 0.05) is 75.4 Å². The van der Waals surface area contributed by atoms with E-state index in [9.17, 15) is 9.59 Å². The molecule has 0 atom stereocenters. The maximum atomic E-state index is 13.6. The van der Waals surface area contributed by atoms with Crippen molar-refractivity contribution in [2.24, 2.45) is 0 Å². The van der Waals surface area contributed by atoms with E-state index < -0.39 is 0 Å². The molecule has 1 aromatic carbocycles. The summed E-state index contributed by atoms with van der Waals surface area (Å²) in [6.45, 7) is 15.8. The fourth-order valence-electron chi connectivity index (χ4n) is 6.26. The highest BCUT2D eigenvalue weighted by atomic mass is 16.2. The van der Waals surface area contributed by atoms with E-state index >= 15 is 0 Å². The minimum atomic E-state index is 0.155. The number of piperidine rings is 1. The third kappa shape index (κ3) is 5.01. The molecule has 1 spiro atoms. The van der Waals surface area contributed by atoms with Crippen LogP contribution < -0.4 is 5.32 Å². The third-order valence-electron chi connectivity index (χ3n) is 8.67. The van der Waals surface area contributed by atoms with E-state index in [1.165, 1.54) is 29.6 Å². The van der Waals surface area contributed by atoms with Crippen LogP contribution in [-0.4, -0.2) is 78.4 Å². The lowest BCUT2D eigenvalue weighted by Crippen LogP contribution is -2.45. The molecule has 1 saturated heterocycles. The van der Waals surface area contributed by atoms with Gasteiger partial charge in [0.15, 0.2) is 0 Å². The average molecular weight is 489 g/mol. The number of fused-ring (bicyclic) bond motifs is 2. The Balaban J connectivity index is 1.21. The molecule has 1 N–H and O–H groups in total.